The quantitative estimate of drug-likeness (QED) is 0.461. The van der Waals surface area contributed by atoms with Crippen LogP contribution in [0.15, 0.2) is 71.6 Å². The van der Waals surface area contributed by atoms with Crippen LogP contribution < -0.4 is 25.0 Å². The van der Waals surface area contributed by atoms with E-state index in [4.69, 9.17) is 9.47 Å². The molecule has 2 amide bonds. The normalized spacial score (nSPS) is 12.5. The van der Waals surface area contributed by atoms with Gasteiger partial charge in [-0.3, -0.25) is 25.2 Å². The Morgan fingerprint density at radius 2 is 1.62 bits per heavy atom. The van der Waals surface area contributed by atoms with Crippen molar-refractivity contribution in [3.05, 3.63) is 83.7 Å². The Morgan fingerprint density at radius 1 is 0.882 bits per heavy atom. The number of rotatable bonds is 6. The van der Waals surface area contributed by atoms with Crippen molar-refractivity contribution >= 4 is 27.5 Å². The number of carbonyl (C=O) groups is 2. The third-order valence-electron chi connectivity index (χ3n) is 4.79. The highest BCUT2D eigenvalue weighted by Gasteiger charge is 2.20. The number of carbonyl (C=O) groups excluding carboxylic acids is 2. The van der Waals surface area contributed by atoms with E-state index in [1.54, 1.807) is 0 Å². The van der Waals surface area contributed by atoms with Gasteiger partial charge in [-0.05, 0) is 48.0 Å². The summed E-state index contributed by atoms with van der Waals surface area (Å²) >= 11 is 0. The molecule has 1 heterocycles. The molecule has 0 radical (unpaired) electrons. The van der Waals surface area contributed by atoms with Gasteiger partial charge in [-0.15, -0.1) is 0 Å². The zero-order chi connectivity index (χ0) is 24.1. The van der Waals surface area contributed by atoms with Crippen molar-refractivity contribution in [3.63, 3.8) is 0 Å². The van der Waals surface area contributed by atoms with Gasteiger partial charge < -0.3 is 9.47 Å². The van der Waals surface area contributed by atoms with Crippen LogP contribution in [0.25, 0.3) is 0 Å². The summed E-state index contributed by atoms with van der Waals surface area (Å²) in [5, 5.41) is 0. The summed E-state index contributed by atoms with van der Waals surface area (Å²) in [5.74, 6) is -0.769. The number of hydrogen-bond acceptors (Lipinski definition) is 6. The lowest BCUT2D eigenvalue weighted by Gasteiger charge is -2.19. The molecular weight excluding hydrogens is 465 g/mol. The highest BCUT2D eigenvalue weighted by molar-refractivity contribution is 7.92. The van der Waals surface area contributed by atoms with E-state index in [9.17, 15) is 22.4 Å². The second-order valence-corrected chi connectivity index (χ2v) is 8.98. The molecule has 0 spiro atoms. The van der Waals surface area contributed by atoms with E-state index in [1.165, 1.54) is 66.7 Å². The van der Waals surface area contributed by atoms with E-state index in [-0.39, 0.29) is 22.6 Å². The summed E-state index contributed by atoms with van der Waals surface area (Å²) in [6, 6.07) is 15.4. The van der Waals surface area contributed by atoms with Gasteiger partial charge in [-0.1, -0.05) is 18.2 Å². The molecule has 0 aliphatic carbocycles. The maximum atomic E-state index is 13.0. The van der Waals surface area contributed by atoms with Crippen molar-refractivity contribution in [3.8, 4) is 11.5 Å². The number of hydrogen-bond donors (Lipinski definition) is 3. The van der Waals surface area contributed by atoms with Gasteiger partial charge in [-0.2, -0.15) is 0 Å². The zero-order valence-corrected chi connectivity index (χ0v) is 18.5. The van der Waals surface area contributed by atoms with Gasteiger partial charge in [0.15, 0.2) is 11.5 Å². The average molecular weight is 485 g/mol. The molecule has 3 N–H and O–H groups in total. The Kier molecular flexibility index (Phi) is 6.64. The molecule has 3 aromatic carbocycles. The predicted octanol–water partition coefficient (Wildman–Crippen LogP) is 2.40. The number of nitrogens with one attached hydrogen (secondary N) is 3. The summed E-state index contributed by atoms with van der Waals surface area (Å²) in [4.78, 5) is 24.4. The third kappa shape index (κ3) is 5.62. The smallest absolute Gasteiger partial charge is 0.269 e. The van der Waals surface area contributed by atoms with E-state index in [0.717, 1.165) is 0 Å². The average Bonchev–Trinajstić information content (AvgIpc) is 2.83. The number of fused-ring (bicyclic) bond motifs is 1. The van der Waals surface area contributed by atoms with E-state index in [2.05, 4.69) is 15.6 Å². The molecule has 9 nitrogen and oxygen atoms in total. The van der Waals surface area contributed by atoms with Gasteiger partial charge in [0.25, 0.3) is 15.9 Å². The SMILES string of the molecule is O=C(Cc1ccc(F)cc1)NNC(=O)c1cccc(NS(=O)(=O)c2ccc3c(c2)OCCO3)c1. The monoisotopic (exact) mass is 485 g/mol. The van der Waals surface area contributed by atoms with Crippen LogP contribution in [0.2, 0.25) is 0 Å². The van der Waals surface area contributed by atoms with Crippen molar-refractivity contribution in [2.45, 2.75) is 11.3 Å². The molecule has 0 fully saturated rings. The summed E-state index contributed by atoms with van der Waals surface area (Å²) < 4.78 is 51.8. The van der Waals surface area contributed by atoms with Crippen molar-refractivity contribution in [2.75, 3.05) is 17.9 Å². The number of amides is 2. The first-order valence-corrected chi connectivity index (χ1v) is 11.6. The molecule has 1 aliphatic rings. The lowest BCUT2D eigenvalue weighted by molar-refractivity contribution is -0.121. The molecule has 0 atom stereocenters. The number of ether oxygens (including phenoxy) is 2. The van der Waals surface area contributed by atoms with Crippen LogP contribution in [0.1, 0.15) is 15.9 Å². The molecule has 0 saturated carbocycles. The minimum atomic E-state index is -3.97. The number of benzene rings is 3. The lowest BCUT2D eigenvalue weighted by Crippen LogP contribution is -2.42. The summed E-state index contributed by atoms with van der Waals surface area (Å²) in [6.07, 6.45) is -0.0596. The first-order chi connectivity index (χ1) is 16.3. The second kappa shape index (κ2) is 9.79. The van der Waals surface area contributed by atoms with Crippen molar-refractivity contribution in [2.24, 2.45) is 0 Å². The van der Waals surface area contributed by atoms with Gasteiger partial charge >= 0.3 is 0 Å². The van der Waals surface area contributed by atoms with Gasteiger partial charge in [0.2, 0.25) is 5.91 Å². The van der Waals surface area contributed by atoms with Crippen molar-refractivity contribution in [1.29, 1.82) is 0 Å². The Morgan fingerprint density at radius 3 is 2.38 bits per heavy atom. The highest BCUT2D eigenvalue weighted by Crippen LogP contribution is 2.32. The minimum absolute atomic E-state index is 0.0281. The minimum Gasteiger partial charge on any atom is -0.486 e. The maximum Gasteiger partial charge on any atom is 0.269 e. The van der Waals surface area contributed by atoms with Gasteiger partial charge in [0.1, 0.15) is 19.0 Å². The summed E-state index contributed by atoms with van der Waals surface area (Å²) in [6.45, 7) is 0.709. The van der Waals surface area contributed by atoms with Crippen molar-refractivity contribution < 1.29 is 31.9 Å². The Balaban J connectivity index is 1.38. The lowest BCUT2D eigenvalue weighted by atomic mass is 10.1. The molecule has 176 valence electrons. The van der Waals surface area contributed by atoms with Crippen LogP contribution in [-0.2, 0) is 21.2 Å². The highest BCUT2D eigenvalue weighted by atomic mass is 32.2. The second-order valence-electron chi connectivity index (χ2n) is 7.30. The molecule has 1 aliphatic heterocycles. The Hall–Kier alpha value is -4.12. The van der Waals surface area contributed by atoms with Gasteiger partial charge in [-0.25, -0.2) is 12.8 Å². The fourth-order valence-electron chi connectivity index (χ4n) is 3.16. The van der Waals surface area contributed by atoms with Crippen LogP contribution >= 0.6 is 0 Å². The van der Waals surface area contributed by atoms with E-state index < -0.39 is 27.7 Å². The Bertz CT molecular complexity index is 1330. The van der Waals surface area contributed by atoms with Gasteiger partial charge in [0.05, 0.1) is 11.3 Å². The van der Waals surface area contributed by atoms with Crippen LogP contribution in [0.3, 0.4) is 0 Å². The van der Waals surface area contributed by atoms with E-state index >= 15 is 0 Å². The standard InChI is InChI=1S/C23H20FN3O6S/c24-17-6-4-15(5-7-17)12-22(28)25-26-23(29)16-2-1-3-18(13-16)27-34(30,31)19-8-9-20-21(14-19)33-11-10-32-20/h1-9,13-14,27H,10-12H2,(H,25,28)(H,26,29). The zero-order valence-electron chi connectivity index (χ0n) is 17.7. The van der Waals surface area contributed by atoms with E-state index in [0.29, 0.717) is 30.3 Å². The molecule has 34 heavy (non-hydrogen) atoms. The number of sulfonamides is 1. The van der Waals surface area contributed by atoms with E-state index in [1.807, 2.05) is 0 Å². The molecule has 0 unspecified atom stereocenters. The largest absolute Gasteiger partial charge is 0.486 e. The third-order valence-corrected chi connectivity index (χ3v) is 6.17. The summed E-state index contributed by atoms with van der Waals surface area (Å²) in [7, 11) is -3.97. The molecule has 0 bridgehead atoms. The molecular formula is C23H20FN3O6S. The maximum absolute atomic E-state index is 13.0. The molecule has 0 saturated heterocycles. The molecule has 3 aromatic rings. The van der Waals surface area contributed by atoms with Crippen LogP contribution in [0.4, 0.5) is 10.1 Å². The van der Waals surface area contributed by atoms with Crippen molar-refractivity contribution in [1.82, 2.24) is 10.9 Å². The number of halogens is 1. The molecule has 0 aromatic heterocycles. The topological polar surface area (TPSA) is 123 Å². The number of hydrazine groups is 1. The Labute approximate surface area is 194 Å². The van der Waals surface area contributed by atoms with Crippen LogP contribution in [0.5, 0.6) is 11.5 Å². The first-order valence-electron chi connectivity index (χ1n) is 10.2. The molecule has 4 rings (SSSR count). The van der Waals surface area contributed by atoms with Crippen LogP contribution in [-0.4, -0.2) is 33.4 Å². The summed E-state index contributed by atoms with van der Waals surface area (Å²) in [5.41, 5.74) is 5.38. The van der Waals surface area contributed by atoms with Gasteiger partial charge in [0, 0.05) is 17.3 Å². The fourth-order valence-corrected chi connectivity index (χ4v) is 4.22. The first kappa shape index (κ1) is 23.1. The fraction of sp³-hybridized carbons (Fsp3) is 0.130. The predicted molar refractivity (Wildman–Crippen MR) is 120 cm³/mol. The number of anilines is 1. The molecule has 11 heteroatoms. The van der Waals surface area contributed by atoms with Crippen LogP contribution in [0, 0.1) is 5.82 Å².